The average molecular weight is 325 g/mol. The van der Waals surface area contributed by atoms with Gasteiger partial charge in [0.05, 0.1) is 0 Å². The second-order valence-electron chi connectivity index (χ2n) is 9.30. The third kappa shape index (κ3) is 2.18. The number of piperidine rings is 1. The maximum Gasteiger partial charge on any atom is 0.115 e. The smallest absolute Gasteiger partial charge is 0.115 e. The molecule has 0 amide bonds. The van der Waals surface area contributed by atoms with E-state index >= 15 is 0 Å². The number of benzene rings is 1. The molecule has 2 heteroatoms. The first kappa shape index (κ1) is 15.3. The van der Waals surface area contributed by atoms with Crippen molar-refractivity contribution in [3.8, 4) is 5.75 Å². The van der Waals surface area contributed by atoms with Gasteiger partial charge in [0.1, 0.15) is 5.75 Å². The van der Waals surface area contributed by atoms with Crippen molar-refractivity contribution >= 4 is 0 Å². The van der Waals surface area contributed by atoms with Crippen LogP contribution in [-0.2, 0) is 11.8 Å². The second kappa shape index (κ2) is 5.49. The summed E-state index contributed by atoms with van der Waals surface area (Å²) in [5.74, 6) is 3.12. The van der Waals surface area contributed by atoms with Crippen molar-refractivity contribution in [3.63, 3.8) is 0 Å². The highest BCUT2D eigenvalue weighted by atomic mass is 16.3. The molecule has 1 aliphatic heterocycles. The van der Waals surface area contributed by atoms with Crippen LogP contribution < -0.4 is 0 Å². The highest BCUT2D eigenvalue weighted by Gasteiger charge is 2.54. The first-order chi connectivity index (χ1) is 11.7. The summed E-state index contributed by atoms with van der Waals surface area (Å²) in [5.41, 5.74) is 3.40. The zero-order valence-corrected chi connectivity index (χ0v) is 15.0. The molecule has 1 aromatic rings. The van der Waals surface area contributed by atoms with E-state index in [0.29, 0.717) is 11.2 Å². The van der Waals surface area contributed by atoms with Crippen molar-refractivity contribution in [1.29, 1.82) is 0 Å². The zero-order chi connectivity index (χ0) is 16.3. The van der Waals surface area contributed by atoms with Crippen molar-refractivity contribution in [2.75, 3.05) is 13.1 Å². The van der Waals surface area contributed by atoms with Gasteiger partial charge in [-0.1, -0.05) is 19.4 Å². The number of likely N-dealkylation sites (tertiary alicyclic amines) is 1. The molecular weight excluding hydrogens is 294 g/mol. The van der Waals surface area contributed by atoms with Gasteiger partial charge in [-0.3, -0.25) is 4.90 Å². The molecule has 2 unspecified atom stereocenters. The van der Waals surface area contributed by atoms with Gasteiger partial charge in [0.15, 0.2) is 0 Å². The number of nitrogens with zero attached hydrogens (tertiary/aromatic N) is 1. The molecule has 3 aliphatic carbocycles. The Morgan fingerprint density at radius 1 is 1.21 bits per heavy atom. The summed E-state index contributed by atoms with van der Waals surface area (Å²) in [4.78, 5) is 2.88. The minimum atomic E-state index is 0.361. The lowest BCUT2D eigenvalue weighted by Crippen LogP contribution is -2.62. The van der Waals surface area contributed by atoms with Crippen LogP contribution in [-0.4, -0.2) is 29.1 Å². The summed E-state index contributed by atoms with van der Waals surface area (Å²) in [6.45, 7) is 5.08. The van der Waals surface area contributed by atoms with Gasteiger partial charge in [-0.25, -0.2) is 0 Å². The number of aromatic hydroxyl groups is 1. The normalized spacial score (nSPS) is 39.0. The Labute approximate surface area is 146 Å². The Kier molecular flexibility index (Phi) is 3.49. The number of rotatable bonds is 2. The van der Waals surface area contributed by atoms with Crippen molar-refractivity contribution in [2.45, 2.75) is 69.7 Å². The van der Waals surface area contributed by atoms with E-state index in [4.69, 9.17) is 0 Å². The van der Waals surface area contributed by atoms with Crippen LogP contribution in [0.4, 0.5) is 0 Å². The molecule has 4 atom stereocenters. The van der Waals surface area contributed by atoms with E-state index in [-0.39, 0.29) is 0 Å². The Morgan fingerprint density at radius 2 is 2.08 bits per heavy atom. The third-order valence-electron chi connectivity index (χ3n) is 8.00. The van der Waals surface area contributed by atoms with E-state index in [9.17, 15) is 5.11 Å². The molecule has 4 aliphatic rings. The Bertz CT molecular complexity index is 637. The molecule has 3 fully saturated rings. The lowest BCUT2D eigenvalue weighted by atomic mass is 9.51. The Hall–Kier alpha value is -1.02. The molecule has 130 valence electrons. The molecule has 2 nitrogen and oxygen atoms in total. The van der Waals surface area contributed by atoms with Gasteiger partial charge < -0.3 is 5.11 Å². The van der Waals surface area contributed by atoms with Crippen LogP contribution in [0.2, 0.25) is 0 Å². The predicted molar refractivity (Wildman–Crippen MR) is 97.3 cm³/mol. The van der Waals surface area contributed by atoms with Gasteiger partial charge in [0.25, 0.3) is 0 Å². The summed E-state index contributed by atoms with van der Waals surface area (Å²) in [6, 6.07) is 7.00. The minimum absolute atomic E-state index is 0.361. The van der Waals surface area contributed by atoms with Crippen LogP contribution in [0.15, 0.2) is 18.2 Å². The lowest BCUT2D eigenvalue weighted by Gasteiger charge is -2.60. The van der Waals surface area contributed by atoms with Crippen LogP contribution in [0.3, 0.4) is 0 Å². The number of fused-ring (bicyclic) bond motifs is 1. The summed E-state index contributed by atoms with van der Waals surface area (Å²) in [6.07, 6.45) is 11.0. The van der Waals surface area contributed by atoms with E-state index in [1.54, 1.807) is 0 Å². The first-order valence-electron chi connectivity index (χ1n) is 10.2. The largest absolute Gasteiger partial charge is 0.508 e. The topological polar surface area (TPSA) is 23.5 Å². The summed E-state index contributed by atoms with van der Waals surface area (Å²) >= 11 is 0. The van der Waals surface area contributed by atoms with Gasteiger partial charge >= 0.3 is 0 Å². The fraction of sp³-hybridized carbons (Fsp3) is 0.727. The van der Waals surface area contributed by atoms with Gasteiger partial charge in [0.2, 0.25) is 0 Å². The lowest BCUT2D eigenvalue weighted by molar-refractivity contribution is -0.0348. The van der Waals surface area contributed by atoms with Crippen LogP contribution >= 0.6 is 0 Å². The second-order valence-corrected chi connectivity index (χ2v) is 9.30. The third-order valence-corrected chi connectivity index (χ3v) is 8.00. The van der Waals surface area contributed by atoms with Crippen molar-refractivity contribution in [1.82, 2.24) is 4.90 Å². The molecule has 0 radical (unpaired) electrons. The molecule has 5 rings (SSSR count). The highest BCUT2D eigenvalue weighted by Crippen LogP contribution is 2.57. The van der Waals surface area contributed by atoms with E-state index in [1.165, 1.54) is 75.6 Å². The van der Waals surface area contributed by atoms with Gasteiger partial charge in [-0.2, -0.15) is 0 Å². The maximum absolute atomic E-state index is 10.1. The van der Waals surface area contributed by atoms with E-state index in [1.807, 2.05) is 6.07 Å². The summed E-state index contributed by atoms with van der Waals surface area (Å²) in [7, 11) is 0. The molecule has 1 N–H and O–H groups in total. The maximum atomic E-state index is 10.1. The van der Waals surface area contributed by atoms with Crippen molar-refractivity contribution in [2.24, 2.45) is 17.8 Å². The molecular formula is C22H31NO. The van der Waals surface area contributed by atoms with Crippen LogP contribution in [0.1, 0.15) is 63.0 Å². The van der Waals surface area contributed by atoms with Crippen LogP contribution in [0.25, 0.3) is 0 Å². The number of phenolic OH excluding ortho intramolecular Hbond substituents is 1. The Morgan fingerprint density at radius 3 is 2.88 bits per heavy atom. The van der Waals surface area contributed by atoms with Gasteiger partial charge in [-0.05, 0) is 92.5 Å². The number of hydrogen-bond acceptors (Lipinski definition) is 2. The molecule has 2 saturated carbocycles. The molecule has 1 aromatic carbocycles. The summed E-state index contributed by atoms with van der Waals surface area (Å²) in [5, 5.41) is 10.1. The highest BCUT2D eigenvalue weighted by molar-refractivity contribution is 5.45. The van der Waals surface area contributed by atoms with Crippen LogP contribution in [0.5, 0.6) is 5.75 Å². The minimum Gasteiger partial charge on any atom is -0.508 e. The SMILES string of the molecule is CC1CC[C@]23CCN(CC4CCC4)[C@H](Cc4ccc(O)cc42)C3C1. The number of hydrogen-bond donors (Lipinski definition) is 1. The first-order valence-corrected chi connectivity index (χ1v) is 10.2. The van der Waals surface area contributed by atoms with Crippen molar-refractivity contribution < 1.29 is 5.11 Å². The van der Waals surface area contributed by atoms with E-state index in [0.717, 1.165) is 23.8 Å². The molecule has 1 heterocycles. The van der Waals surface area contributed by atoms with Crippen LogP contribution in [0, 0.1) is 17.8 Å². The average Bonchev–Trinajstić information content (AvgIpc) is 2.53. The molecule has 24 heavy (non-hydrogen) atoms. The molecule has 0 aromatic heterocycles. The quantitative estimate of drug-likeness (QED) is 0.865. The number of phenols is 1. The Balaban J connectivity index is 1.54. The van der Waals surface area contributed by atoms with Gasteiger partial charge in [-0.15, -0.1) is 0 Å². The summed E-state index contributed by atoms with van der Waals surface area (Å²) < 4.78 is 0. The zero-order valence-electron chi connectivity index (χ0n) is 15.0. The fourth-order valence-electron chi connectivity index (χ4n) is 6.47. The molecule has 1 saturated heterocycles. The molecule has 0 spiro atoms. The fourth-order valence-corrected chi connectivity index (χ4v) is 6.47. The molecule has 2 bridgehead atoms. The standard InChI is InChI=1S/C22H31NO/c1-15-7-8-22-9-10-23(14-16-3-2-4-16)21(20(22)11-15)12-17-5-6-18(24)13-19(17)22/h5-6,13,15-16,20-21,24H,2-4,7-12,14H2,1H3/t15?,20?,21-,22+/m1/s1. The van der Waals surface area contributed by atoms with E-state index in [2.05, 4.69) is 24.0 Å². The monoisotopic (exact) mass is 325 g/mol. The predicted octanol–water partition coefficient (Wildman–Crippen LogP) is 4.50. The van der Waals surface area contributed by atoms with Gasteiger partial charge in [0, 0.05) is 18.0 Å². The van der Waals surface area contributed by atoms with E-state index < -0.39 is 0 Å². The van der Waals surface area contributed by atoms with Crippen molar-refractivity contribution in [3.05, 3.63) is 29.3 Å².